The first kappa shape index (κ1) is 11.1. The Morgan fingerprint density at radius 2 is 2.38 bits per heavy atom. The van der Waals surface area contributed by atoms with Crippen molar-refractivity contribution in [2.75, 3.05) is 5.32 Å². The van der Waals surface area contributed by atoms with E-state index in [-0.39, 0.29) is 11.9 Å². The zero-order chi connectivity index (χ0) is 11.4. The standard InChI is InChI=1S/C11H18N4O/c12-10-4-2-1-3-8(10)5-11(16)15-9-6-13-14-7-9/h6-8,10H,1-5,12H2,(H,13,14)(H,15,16). The number of nitrogens with zero attached hydrogens (tertiary/aromatic N) is 1. The Morgan fingerprint density at radius 3 is 3.06 bits per heavy atom. The van der Waals surface area contributed by atoms with E-state index in [0.29, 0.717) is 12.3 Å². The van der Waals surface area contributed by atoms with Crippen LogP contribution in [0.25, 0.3) is 0 Å². The summed E-state index contributed by atoms with van der Waals surface area (Å²) in [6.45, 7) is 0. The van der Waals surface area contributed by atoms with Crippen molar-refractivity contribution in [1.82, 2.24) is 10.2 Å². The van der Waals surface area contributed by atoms with Crippen molar-refractivity contribution < 1.29 is 4.79 Å². The molecular formula is C11H18N4O. The predicted octanol–water partition coefficient (Wildman–Crippen LogP) is 1.26. The summed E-state index contributed by atoms with van der Waals surface area (Å²) in [6, 6.07) is 0.184. The third-order valence-corrected chi connectivity index (χ3v) is 3.20. The summed E-state index contributed by atoms with van der Waals surface area (Å²) in [5.74, 6) is 0.365. The number of aromatic amines is 1. The molecule has 4 N–H and O–H groups in total. The highest BCUT2D eigenvalue weighted by Crippen LogP contribution is 2.25. The Labute approximate surface area is 94.8 Å². The normalized spacial score (nSPS) is 25.3. The lowest BCUT2D eigenvalue weighted by Crippen LogP contribution is -2.35. The highest BCUT2D eigenvalue weighted by Gasteiger charge is 2.24. The smallest absolute Gasteiger partial charge is 0.224 e. The Morgan fingerprint density at radius 1 is 1.56 bits per heavy atom. The molecular weight excluding hydrogens is 204 g/mol. The van der Waals surface area contributed by atoms with Gasteiger partial charge in [0.1, 0.15) is 0 Å². The molecule has 0 aromatic carbocycles. The fourth-order valence-corrected chi connectivity index (χ4v) is 2.26. The van der Waals surface area contributed by atoms with Gasteiger partial charge in [-0.3, -0.25) is 9.89 Å². The maximum Gasteiger partial charge on any atom is 0.224 e. The van der Waals surface area contributed by atoms with Crippen LogP contribution in [0.4, 0.5) is 5.69 Å². The summed E-state index contributed by atoms with van der Waals surface area (Å²) < 4.78 is 0. The van der Waals surface area contributed by atoms with E-state index in [4.69, 9.17) is 5.73 Å². The second kappa shape index (κ2) is 5.12. The van der Waals surface area contributed by atoms with Crippen LogP contribution in [0.15, 0.2) is 12.4 Å². The summed E-state index contributed by atoms with van der Waals surface area (Å²) in [5, 5.41) is 9.23. The van der Waals surface area contributed by atoms with E-state index in [2.05, 4.69) is 15.5 Å². The molecule has 5 nitrogen and oxygen atoms in total. The molecule has 0 aliphatic heterocycles. The molecule has 1 aromatic rings. The highest BCUT2D eigenvalue weighted by atomic mass is 16.1. The van der Waals surface area contributed by atoms with Crippen molar-refractivity contribution in [3.63, 3.8) is 0 Å². The molecule has 0 saturated heterocycles. The Hall–Kier alpha value is -1.36. The molecule has 1 saturated carbocycles. The number of hydrogen-bond donors (Lipinski definition) is 3. The van der Waals surface area contributed by atoms with Gasteiger partial charge in [-0.05, 0) is 18.8 Å². The summed E-state index contributed by atoms with van der Waals surface area (Å²) in [6.07, 6.45) is 8.28. The van der Waals surface area contributed by atoms with Gasteiger partial charge in [-0.25, -0.2) is 0 Å². The molecule has 2 rings (SSSR count). The number of hydrogen-bond acceptors (Lipinski definition) is 3. The second-order valence-electron chi connectivity index (χ2n) is 4.45. The van der Waals surface area contributed by atoms with E-state index >= 15 is 0 Å². The minimum absolute atomic E-state index is 0.0313. The number of amides is 1. The number of rotatable bonds is 3. The molecule has 16 heavy (non-hydrogen) atoms. The van der Waals surface area contributed by atoms with Gasteiger partial charge in [0.25, 0.3) is 0 Å². The Kier molecular flexibility index (Phi) is 3.56. The van der Waals surface area contributed by atoms with Crippen LogP contribution < -0.4 is 11.1 Å². The van der Waals surface area contributed by atoms with Gasteiger partial charge in [0, 0.05) is 18.7 Å². The van der Waals surface area contributed by atoms with Crippen molar-refractivity contribution in [3.8, 4) is 0 Å². The second-order valence-corrected chi connectivity index (χ2v) is 4.45. The van der Waals surface area contributed by atoms with Gasteiger partial charge in [-0.1, -0.05) is 12.8 Å². The highest BCUT2D eigenvalue weighted by molar-refractivity contribution is 5.90. The largest absolute Gasteiger partial charge is 0.327 e. The first-order valence-electron chi connectivity index (χ1n) is 5.80. The van der Waals surface area contributed by atoms with Crippen LogP contribution in [-0.2, 0) is 4.79 Å². The average Bonchev–Trinajstić information content (AvgIpc) is 2.74. The maximum atomic E-state index is 11.7. The Balaban J connectivity index is 1.82. The van der Waals surface area contributed by atoms with Gasteiger partial charge in [-0.15, -0.1) is 0 Å². The fraction of sp³-hybridized carbons (Fsp3) is 0.636. The molecule has 1 fully saturated rings. The van der Waals surface area contributed by atoms with Gasteiger partial charge < -0.3 is 11.1 Å². The molecule has 0 radical (unpaired) electrons. The van der Waals surface area contributed by atoms with Crippen LogP contribution in [0, 0.1) is 5.92 Å². The van der Waals surface area contributed by atoms with Crippen molar-refractivity contribution in [2.24, 2.45) is 11.7 Å². The van der Waals surface area contributed by atoms with Crippen molar-refractivity contribution in [2.45, 2.75) is 38.1 Å². The molecule has 88 valence electrons. The van der Waals surface area contributed by atoms with Gasteiger partial charge in [0.15, 0.2) is 0 Å². The van der Waals surface area contributed by atoms with Crippen LogP contribution in [-0.4, -0.2) is 22.1 Å². The SMILES string of the molecule is NC1CCCCC1CC(=O)Nc1cn[nH]c1. The van der Waals surface area contributed by atoms with E-state index in [9.17, 15) is 4.79 Å². The summed E-state index contributed by atoms with van der Waals surface area (Å²) >= 11 is 0. The summed E-state index contributed by atoms with van der Waals surface area (Å²) in [5.41, 5.74) is 6.72. The molecule has 5 heteroatoms. The van der Waals surface area contributed by atoms with E-state index in [1.165, 1.54) is 12.8 Å². The lowest BCUT2D eigenvalue weighted by molar-refractivity contribution is -0.117. The van der Waals surface area contributed by atoms with Gasteiger partial charge in [-0.2, -0.15) is 5.10 Å². The molecule has 0 bridgehead atoms. The minimum atomic E-state index is 0.0313. The van der Waals surface area contributed by atoms with Gasteiger partial charge in [0.05, 0.1) is 11.9 Å². The van der Waals surface area contributed by atoms with Crippen molar-refractivity contribution in [3.05, 3.63) is 12.4 Å². The van der Waals surface area contributed by atoms with Crippen LogP contribution in [0.2, 0.25) is 0 Å². The molecule has 1 heterocycles. The number of anilines is 1. The molecule has 1 aliphatic carbocycles. The molecule has 1 amide bonds. The zero-order valence-electron chi connectivity index (χ0n) is 9.28. The first-order valence-corrected chi connectivity index (χ1v) is 5.80. The summed E-state index contributed by atoms with van der Waals surface area (Å²) in [7, 11) is 0. The Bertz CT molecular complexity index is 336. The van der Waals surface area contributed by atoms with Crippen molar-refractivity contribution >= 4 is 11.6 Å². The van der Waals surface area contributed by atoms with Crippen LogP contribution in [0.3, 0.4) is 0 Å². The van der Waals surface area contributed by atoms with Crippen LogP contribution in [0.1, 0.15) is 32.1 Å². The lowest BCUT2D eigenvalue weighted by Gasteiger charge is -2.27. The van der Waals surface area contributed by atoms with E-state index in [0.717, 1.165) is 18.5 Å². The molecule has 1 aromatic heterocycles. The van der Waals surface area contributed by atoms with Gasteiger partial charge in [0.2, 0.25) is 5.91 Å². The van der Waals surface area contributed by atoms with E-state index in [1.54, 1.807) is 12.4 Å². The minimum Gasteiger partial charge on any atom is -0.327 e. The summed E-state index contributed by atoms with van der Waals surface area (Å²) in [4.78, 5) is 11.7. The quantitative estimate of drug-likeness (QED) is 0.719. The molecule has 2 atom stereocenters. The number of nitrogens with one attached hydrogen (secondary N) is 2. The average molecular weight is 222 g/mol. The lowest BCUT2D eigenvalue weighted by atomic mass is 9.83. The monoisotopic (exact) mass is 222 g/mol. The zero-order valence-corrected chi connectivity index (χ0v) is 9.28. The molecule has 0 spiro atoms. The van der Waals surface area contributed by atoms with Gasteiger partial charge >= 0.3 is 0 Å². The van der Waals surface area contributed by atoms with E-state index < -0.39 is 0 Å². The number of aromatic nitrogens is 2. The predicted molar refractivity (Wildman–Crippen MR) is 61.8 cm³/mol. The van der Waals surface area contributed by atoms with Crippen molar-refractivity contribution in [1.29, 1.82) is 0 Å². The third-order valence-electron chi connectivity index (χ3n) is 3.20. The first-order chi connectivity index (χ1) is 7.75. The number of H-pyrrole nitrogens is 1. The maximum absolute atomic E-state index is 11.7. The number of nitrogens with two attached hydrogens (primary N) is 1. The molecule has 1 aliphatic rings. The third kappa shape index (κ3) is 2.82. The topological polar surface area (TPSA) is 83.8 Å². The van der Waals surface area contributed by atoms with Crippen LogP contribution in [0.5, 0.6) is 0 Å². The van der Waals surface area contributed by atoms with Crippen LogP contribution >= 0.6 is 0 Å². The molecule has 2 unspecified atom stereocenters. The number of carbonyl (C=O) groups is 1. The van der Waals surface area contributed by atoms with E-state index in [1.807, 2.05) is 0 Å². The number of carbonyl (C=O) groups excluding carboxylic acids is 1. The fourth-order valence-electron chi connectivity index (χ4n) is 2.26.